The molecular formula is C19H25N7O. The lowest BCUT2D eigenvalue weighted by molar-refractivity contribution is 0.0630. The Morgan fingerprint density at radius 3 is 2.56 bits per heavy atom. The Morgan fingerprint density at radius 2 is 1.89 bits per heavy atom. The molecule has 0 atom stereocenters. The molecule has 4 rings (SSSR count). The molecule has 1 aliphatic heterocycles. The Labute approximate surface area is 158 Å². The van der Waals surface area contributed by atoms with Gasteiger partial charge in [0.15, 0.2) is 5.65 Å². The maximum atomic E-state index is 13.0. The summed E-state index contributed by atoms with van der Waals surface area (Å²) in [5.41, 5.74) is 5.41. The van der Waals surface area contributed by atoms with Crippen LogP contribution in [0.1, 0.15) is 33.0 Å². The molecule has 1 fully saturated rings. The predicted molar refractivity (Wildman–Crippen MR) is 102 cm³/mol. The number of fused-ring (bicyclic) bond motifs is 1. The topological polar surface area (TPSA) is 71.6 Å². The van der Waals surface area contributed by atoms with E-state index in [9.17, 15) is 4.79 Å². The van der Waals surface area contributed by atoms with Gasteiger partial charge in [-0.3, -0.25) is 14.4 Å². The number of aromatic nitrogens is 5. The van der Waals surface area contributed by atoms with Crippen LogP contribution in [0, 0.1) is 20.8 Å². The first kappa shape index (κ1) is 17.7. The van der Waals surface area contributed by atoms with Crippen LogP contribution in [-0.4, -0.2) is 66.3 Å². The Kier molecular flexibility index (Phi) is 4.43. The molecule has 0 N–H and O–H groups in total. The average Bonchev–Trinajstić information content (AvgIpc) is 3.18. The number of carbonyl (C=O) groups excluding carboxylic acids is 1. The first-order chi connectivity index (χ1) is 12.9. The molecule has 3 aromatic rings. The van der Waals surface area contributed by atoms with Gasteiger partial charge in [-0.2, -0.15) is 10.2 Å². The van der Waals surface area contributed by atoms with Gasteiger partial charge in [0.05, 0.1) is 11.9 Å². The first-order valence-corrected chi connectivity index (χ1v) is 9.25. The minimum absolute atomic E-state index is 0.0136. The molecule has 8 nitrogen and oxygen atoms in total. The van der Waals surface area contributed by atoms with Crippen molar-refractivity contribution >= 4 is 11.6 Å². The molecule has 1 saturated heterocycles. The summed E-state index contributed by atoms with van der Waals surface area (Å²) < 4.78 is 3.59. The fraction of sp³-hybridized carbons (Fsp3) is 0.474. The van der Waals surface area contributed by atoms with Crippen molar-refractivity contribution in [1.29, 1.82) is 0 Å². The van der Waals surface area contributed by atoms with E-state index in [0.717, 1.165) is 36.7 Å². The van der Waals surface area contributed by atoms with E-state index in [1.165, 1.54) is 5.56 Å². The summed E-state index contributed by atoms with van der Waals surface area (Å²) in [5.74, 6) is 0.0136. The molecule has 0 saturated carbocycles. The van der Waals surface area contributed by atoms with Crippen molar-refractivity contribution in [1.82, 2.24) is 34.2 Å². The third-order valence-corrected chi connectivity index (χ3v) is 5.18. The Hall–Kier alpha value is -2.74. The second-order valence-corrected chi connectivity index (χ2v) is 7.31. The van der Waals surface area contributed by atoms with E-state index in [4.69, 9.17) is 0 Å². The molecule has 1 aliphatic rings. The van der Waals surface area contributed by atoms with Crippen LogP contribution >= 0.6 is 0 Å². The summed E-state index contributed by atoms with van der Waals surface area (Å²) in [5, 5.41) is 8.75. The highest BCUT2D eigenvalue weighted by molar-refractivity contribution is 5.99. The van der Waals surface area contributed by atoms with Crippen LogP contribution < -0.4 is 0 Å². The van der Waals surface area contributed by atoms with Crippen LogP contribution in [0.15, 0.2) is 18.5 Å². The summed E-state index contributed by atoms with van der Waals surface area (Å²) in [6.07, 6.45) is 3.71. The molecule has 0 bridgehead atoms. The van der Waals surface area contributed by atoms with Crippen LogP contribution in [0.3, 0.4) is 0 Å². The third-order valence-electron chi connectivity index (χ3n) is 5.18. The lowest BCUT2D eigenvalue weighted by Gasteiger charge is -2.34. The fourth-order valence-electron chi connectivity index (χ4n) is 3.75. The smallest absolute Gasteiger partial charge is 0.259 e. The van der Waals surface area contributed by atoms with Gasteiger partial charge in [-0.25, -0.2) is 9.50 Å². The van der Waals surface area contributed by atoms with Gasteiger partial charge in [0.2, 0.25) is 0 Å². The van der Waals surface area contributed by atoms with Crippen molar-refractivity contribution in [3.63, 3.8) is 0 Å². The maximum absolute atomic E-state index is 13.0. The van der Waals surface area contributed by atoms with Gasteiger partial charge in [0.25, 0.3) is 5.91 Å². The summed E-state index contributed by atoms with van der Waals surface area (Å²) in [6.45, 7) is 9.95. The van der Waals surface area contributed by atoms with E-state index in [-0.39, 0.29) is 5.91 Å². The first-order valence-electron chi connectivity index (χ1n) is 9.25. The van der Waals surface area contributed by atoms with Crippen molar-refractivity contribution in [3.8, 4) is 0 Å². The monoisotopic (exact) mass is 367 g/mol. The van der Waals surface area contributed by atoms with Crippen molar-refractivity contribution in [2.45, 2.75) is 27.3 Å². The van der Waals surface area contributed by atoms with Gasteiger partial charge in [0, 0.05) is 62.9 Å². The average molecular weight is 367 g/mol. The Morgan fingerprint density at radius 1 is 1.15 bits per heavy atom. The SMILES string of the molecule is Cc1cc(C)n2ncc(C(=O)N3CCN(Cc4cn(C)nc4C)CC3)c2n1. The van der Waals surface area contributed by atoms with E-state index in [2.05, 4.69) is 26.3 Å². The normalized spacial score (nSPS) is 15.6. The molecule has 0 radical (unpaired) electrons. The molecule has 1 amide bonds. The quantitative estimate of drug-likeness (QED) is 0.699. The third kappa shape index (κ3) is 3.32. The molecule has 3 aromatic heterocycles. The van der Waals surface area contributed by atoms with Crippen molar-refractivity contribution in [3.05, 3.63) is 46.7 Å². The molecule has 0 spiro atoms. The van der Waals surface area contributed by atoms with E-state index in [0.29, 0.717) is 24.3 Å². The zero-order valence-electron chi connectivity index (χ0n) is 16.3. The van der Waals surface area contributed by atoms with Crippen molar-refractivity contribution in [2.75, 3.05) is 26.2 Å². The summed E-state index contributed by atoms with van der Waals surface area (Å²) >= 11 is 0. The number of aryl methyl sites for hydroxylation is 4. The van der Waals surface area contributed by atoms with E-state index < -0.39 is 0 Å². The highest BCUT2D eigenvalue weighted by Crippen LogP contribution is 2.17. The Bertz CT molecular complexity index is 995. The maximum Gasteiger partial charge on any atom is 0.259 e. The molecule has 4 heterocycles. The number of hydrogen-bond acceptors (Lipinski definition) is 5. The van der Waals surface area contributed by atoms with Gasteiger partial charge in [-0.15, -0.1) is 0 Å². The number of rotatable bonds is 3. The van der Waals surface area contributed by atoms with Gasteiger partial charge < -0.3 is 4.90 Å². The van der Waals surface area contributed by atoms with Crippen LogP contribution in [-0.2, 0) is 13.6 Å². The van der Waals surface area contributed by atoms with Crippen LogP contribution in [0.4, 0.5) is 0 Å². The minimum Gasteiger partial charge on any atom is -0.336 e. The molecule has 27 heavy (non-hydrogen) atoms. The molecule has 0 unspecified atom stereocenters. The second-order valence-electron chi connectivity index (χ2n) is 7.31. The summed E-state index contributed by atoms with van der Waals surface area (Å²) in [6, 6.07) is 1.97. The summed E-state index contributed by atoms with van der Waals surface area (Å²) in [7, 11) is 1.95. The van der Waals surface area contributed by atoms with Gasteiger partial charge in [0.1, 0.15) is 5.56 Å². The number of hydrogen-bond donors (Lipinski definition) is 0. The lowest BCUT2D eigenvalue weighted by atomic mass is 10.2. The van der Waals surface area contributed by atoms with Gasteiger partial charge in [-0.05, 0) is 26.8 Å². The van der Waals surface area contributed by atoms with E-state index in [1.54, 1.807) is 10.7 Å². The van der Waals surface area contributed by atoms with E-state index in [1.807, 2.05) is 43.5 Å². The molecule has 142 valence electrons. The van der Waals surface area contributed by atoms with Crippen LogP contribution in [0.2, 0.25) is 0 Å². The summed E-state index contributed by atoms with van der Waals surface area (Å²) in [4.78, 5) is 21.8. The largest absolute Gasteiger partial charge is 0.336 e. The fourth-order valence-corrected chi connectivity index (χ4v) is 3.75. The van der Waals surface area contributed by atoms with Crippen molar-refractivity contribution in [2.24, 2.45) is 7.05 Å². The highest BCUT2D eigenvalue weighted by Gasteiger charge is 2.25. The van der Waals surface area contributed by atoms with Gasteiger partial charge in [-0.1, -0.05) is 0 Å². The molecule has 0 aliphatic carbocycles. The molecular weight excluding hydrogens is 342 g/mol. The van der Waals surface area contributed by atoms with Crippen LogP contribution in [0.5, 0.6) is 0 Å². The number of piperazine rings is 1. The van der Waals surface area contributed by atoms with Crippen molar-refractivity contribution < 1.29 is 4.79 Å². The predicted octanol–water partition coefficient (Wildman–Crippen LogP) is 1.35. The number of amides is 1. The molecule has 0 aromatic carbocycles. The molecule has 8 heteroatoms. The lowest BCUT2D eigenvalue weighted by Crippen LogP contribution is -2.48. The Balaban J connectivity index is 1.45. The zero-order valence-corrected chi connectivity index (χ0v) is 16.3. The standard InChI is InChI=1S/C19H25N7O/c1-13-9-14(2)26-18(21-13)17(10-20-26)19(27)25-7-5-24(6-8-25)12-16-11-23(4)22-15(16)3/h9-11H,5-8,12H2,1-4H3. The van der Waals surface area contributed by atoms with E-state index >= 15 is 0 Å². The number of carbonyl (C=O) groups is 1. The second kappa shape index (κ2) is 6.77. The minimum atomic E-state index is 0.0136. The van der Waals surface area contributed by atoms with Crippen LogP contribution in [0.25, 0.3) is 5.65 Å². The number of nitrogens with zero attached hydrogens (tertiary/aromatic N) is 7. The van der Waals surface area contributed by atoms with Gasteiger partial charge >= 0.3 is 0 Å². The zero-order chi connectivity index (χ0) is 19.1. The highest BCUT2D eigenvalue weighted by atomic mass is 16.2.